The van der Waals surface area contributed by atoms with Gasteiger partial charge in [-0.25, -0.2) is 4.98 Å². The van der Waals surface area contributed by atoms with Crippen LogP contribution in [0.3, 0.4) is 0 Å². The van der Waals surface area contributed by atoms with Gasteiger partial charge in [0.15, 0.2) is 5.96 Å². The van der Waals surface area contributed by atoms with Gasteiger partial charge in [-0.15, -0.1) is 35.3 Å². The molecule has 1 N–H and O–H groups in total. The second-order valence-electron chi connectivity index (χ2n) is 4.24. The van der Waals surface area contributed by atoms with Crippen molar-refractivity contribution in [1.29, 1.82) is 0 Å². The van der Waals surface area contributed by atoms with E-state index in [2.05, 4.69) is 32.5 Å². The minimum atomic E-state index is 0. The van der Waals surface area contributed by atoms with Crippen molar-refractivity contribution in [1.82, 2.24) is 15.2 Å². The molecule has 5 nitrogen and oxygen atoms in total. The van der Waals surface area contributed by atoms with Crippen LogP contribution in [0, 0.1) is 0 Å². The van der Waals surface area contributed by atoms with Crippen molar-refractivity contribution in [2.24, 2.45) is 4.99 Å². The van der Waals surface area contributed by atoms with E-state index in [-0.39, 0.29) is 30.1 Å². The van der Waals surface area contributed by atoms with Gasteiger partial charge in [0.1, 0.15) is 11.1 Å². The van der Waals surface area contributed by atoms with Gasteiger partial charge in [-0.1, -0.05) is 0 Å². The molecule has 0 saturated heterocycles. The summed E-state index contributed by atoms with van der Waals surface area (Å²) in [4.78, 5) is 11.1. The molecule has 0 aliphatic heterocycles. The topological polar surface area (TPSA) is 49.8 Å². The first-order valence-electron chi connectivity index (χ1n) is 6.58. The van der Waals surface area contributed by atoms with Crippen molar-refractivity contribution in [2.45, 2.75) is 33.4 Å². The number of nitrogens with one attached hydrogen (secondary N) is 1. The van der Waals surface area contributed by atoms with E-state index in [1.807, 2.05) is 20.9 Å². The number of halogens is 1. The molecule has 116 valence electrons. The Labute approximate surface area is 142 Å². The molecular formula is C13H25IN4OS. The smallest absolute Gasteiger partial charge is 0.193 e. The number of aliphatic imine (C=N–C) groups is 1. The summed E-state index contributed by atoms with van der Waals surface area (Å²) in [6.07, 6.45) is 0.0570. The molecule has 0 amide bonds. The van der Waals surface area contributed by atoms with E-state index in [1.54, 1.807) is 18.4 Å². The number of rotatable bonds is 6. The molecule has 1 unspecified atom stereocenters. The van der Waals surface area contributed by atoms with Gasteiger partial charge in [0, 0.05) is 32.6 Å². The number of thiazole rings is 1. The molecule has 0 aliphatic carbocycles. The number of methoxy groups -OCH3 is 1. The highest BCUT2D eigenvalue weighted by Crippen LogP contribution is 2.20. The molecule has 7 heteroatoms. The molecule has 1 atom stereocenters. The lowest BCUT2D eigenvalue weighted by molar-refractivity contribution is 0.119. The first-order valence-corrected chi connectivity index (χ1v) is 7.46. The summed E-state index contributed by atoms with van der Waals surface area (Å²) in [7, 11) is 3.73. The Morgan fingerprint density at radius 3 is 2.80 bits per heavy atom. The lowest BCUT2D eigenvalue weighted by Gasteiger charge is -2.20. The van der Waals surface area contributed by atoms with Crippen molar-refractivity contribution in [3.05, 3.63) is 16.1 Å². The van der Waals surface area contributed by atoms with E-state index in [0.29, 0.717) is 0 Å². The molecule has 1 rings (SSSR count). The van der Waals surface area contributed by atoms with Gasteiger partial charge < -0.3 is 15.0 Å². The highest BCUT2D eigenvalue weighted by atomic mass is 127. The Morgan fingerprint density at radius 1 is 1.55 bits per heavy atom. The van der Waals surface area contributed by atoms with E-state index in [9.17, 15) is 0 Å². The second-order valence-corrected chi connectivity index (χ2v) is 5.13. The zero-order chi connectivity index (χ0) is 14.3. The number of nitrogens with zero attached hydrogens (tertiary/aromatic N) is 3. The third-order valence-corrected chi connectivity index (χ3v) is 3.73. The molecule has 1 heterocycles. The van der Waals surface area contributed by atoms with E-state index in [0.717, 1.165) is 36.3 Å². The summed E-state index contributed by atoms with van der Waals surface area (Å²) in [6.45, 7) is 8.50. The molecule has 20 heavy (non-hydrogen) atoms. The van der Waals surface area contributed by atoms with E-state index in [4.69, 9.17) is 4.74 Å². The van der Waals surface area contributed by atoms with Crippen molar-refractivity contribution < 1.29 is 4.74 Å². The van der Waals surface area contributed by atoms with Gasteiger partial charge in [0.25, 0.3) is 0 Å². The Kier molecular flexibility index (Phi) is 10.1. The van der Waals surface area contributed by atoms with Crippen LogP contribution in [-0.4, -0.2) is 43.1 Å². The van der Waals surface area contributed by atoms with Gasteiger partial charge in [0.2, 0.25) is 0 Å². The average Bonchev–Trinajstić information content (AvgIpc) is 2.86. The third-order valence-electron chi connectivity index (χ3n) is 2.67. The molecule has 1 aromatic rings. The fourth-order valence-corrected chi connectivity index (χ4v) is 2.46. The zero-order valence-corrected chi connectivity index (χ0v) is 16.0. The first kappa shape index (κ1) is 19.6. The normalized spacial score (nSPS) is 12.8. The fourth-order valence-electron chi connectivity index (χ4n) is 1.62. The highest BCUT2D eigenvalue weighted by Gasteiger charge is 2.12. The van der Waals surface area contributed by atoms with Gasteiger partial charge >= 0.3 is 0 Å². The van der Waals surface area contributed by atoms with Crippen LogP contribution in [0.2, 0.25) is 0 Å². The van der Waals surface area contributed by atoms with Crippen molar-refractivity contribution >= 4 is 41.3 Å². The molecule has 1 aromatic heterocycles. The Hall–Kier alpha value is -0.410. The SMILES string of the molecule is CCN=C(NCC)N(C)Cc1csc(C(C)OC)n1.I. The highest BCUT2D eigenvalue weighted by molar-refractivity contribution is 14.0. The maximum absolute atomic E-state index is 5.28. The predicted molar refractivity (Wildman–Crippen MR) is 96.1 cm³/mol. The van der Waals surface area contributed by atoms with Crippen LogP contribution in [0.4, 0.5) is 0 Å². The van der Waals surface area contributed by atoms with Crippen molar-refractivity contribution in [3.63, 3.8) is 0 Å². The van der Waals surface area contributed by atoms with Crippen LogP contribution in [0.5, 0.6) is 0 Å². The second kappa shape index (κ2) is 10.3. The Balaban J connectivity index is 0.00000361. The minimum Gasteiger partial charge on any atom is -0.375 e. The van der Waals surface area contributed by atoms with Crippen LogP contribution in [0.1, 0.15) is 37.6 Å². The largest absolute Gasteiger partial charge is 0.375 e. The molecule has 0 bridgehead atoms. The van der Waals surface area contributed by atoms with Gasteiger partial charge in [-0.3, -0.25) is 4.99 Å². The lowest BCUT2D eigenvalue weighted by Crippen LogP contribution is -2.38. The van der Waals surface area contributed by atoms with Crippen molar-refractivity contribution in [3.8, 4) is 0 Å². The Bertz CT molecular complexity index is 411. The molecule has 0 spiro atoms. The van der Waals surface area contributed by atoms with E-state index < -0.39 is 0 Å². The summed E-state index contributed by atoms with van der Waals surface area (Å²) in [6, 6.07) is 0. The maximum Gasteiger partial charge on any atom is 0.193 e. The molecule has 0 aromatic carbocycles. The quantitative estimate of drug-likeness (QED) is 0.444. The van der Waals surface area contributed by atoms with E-state index >= 15 is 0 Å². The zero-order valence-electron chi connectivity index (χ0n) is 12.8. The van der Waals surface area contributed by atoms with Gasteiger partial charge in [0.05, 0.1) is 12.2 Å². The van der Waals surface area contributed by atoms with Crippen LogP contribution < -0.4 is 5.32 Å². The summed E-state index contributed by atoms with van der Waals surface area (Å²) in [5.41, 5.74) is 1.05. The van der Waals surface area contributed by atoms with Gasteiger partial charge in [-0.05, 0) is 20.8 Å². The molecule has 0 aliphatic rings. The molecule has 0 radical (unpaired) electrons. The fraction of sp³-hybridized carbons (Fsp3) is 0.692. The number of hydrogen-bond acceptors (Lipinski definition) is 4. The number of ether oxygens (including phenoxy) is 1. The van der Waals surface area contributed by atoms with Crippen molar-refractivity contribution in [2.75, 3.05) is 27.2 Å². The molecule has 0 fully saturated rings. The third kappa shape index (κ3) is 5.92. The number of aromatic nitrogens is 1. The summed E-state index contributed by atoms with van der Waals surface area (Å²) < 4.78 is 5.28. The predicted octanol–water partition coefficient (Wildman–Crippen LogP) is 2.89. The summed E-state index contributed by atoms with van der Waals surface area (Å²) in [5.74, 6) is 0.916. The minimum absolute atomic E-state index is 0. The Morgan fingerprint density at radius 2 is 2.25 bits per heavy atom. The van der Waals surface area contributed by atoms with Gasteiger partial charge in [-0.2, -0.15) is 0 Å². The monoisotopic (exact) mass is 412 g/mol. The summed E-state index contributed by atoms with van der Waals surface area (Å²) >= 11 is 1.64. The van der Waals surface area contributed by atoms with Crippen LogP contribution >= 0.6 is 35.3 Å². The van der Waals surface area contributed by atoms with Crippen LogP contribution in [-0.2, 0) is 11.3 Å². The number of hydrogen-bond donors (Lipinski definition) is 1. The number of guanidine groups is 1. The standard InChI is InChI=1S/C13H24N4OS.HI/c1-6-14-13(15-7-2)17(4)8-11-9-19-12(16-11)10(3)18-5;/h9-10H,6-8H2,1-5H3,(H,14,15);1H. The average molecular weight is 412 g/mol. The first-order chi connectivity index (χ1) is 9.12. The summed E-state index contributed by atoms with van der Waals surface area (Å²) in [5, 5.41) is 6.37. The molecule has 0 saturated carbocycles. The van der Waals surface area contributed by atoms with Crippen LogP contribution in [0.15, 0.2) is 10.4 Å². The maximum atomic E-state index is 5.28. The van der Waals surface area contributed by atoms with Crippen LogP contribution in [0.25, 0.3) is 0 Å². The van der Waals surface area contributed by atoms with E-state index in [1.165, 1.54) is 0 Å². The molecular weight excluding hydrogens is 387 g/mol. The lowest BCUT2D eigenvalue weighted by atomic mass is 10.4.